The second-order valence-corrected chi connectivity index (χ2v) is 5.82. The average Bonchev–Trinajstić information content (AvgIpc) is 2.74. The molecule has 0 spiro atoms. The van der Waals surface area contributed by atoms with E-state index in [1.54, 1.807) is 0 Å². The third kappa shape index (κ3) is 3.19. The maximum atomic E-state index is 3.63. The molecule has 88 valence electrons. The summed E-state index contributed by atoms with van der Waals surface area (Å²) in [6, 6.07) is 5.72. The van der Waals surface area contributed by atoms with E-state index in [9.17, 15) is 0 Å². The van der Waals surface area contributed by atoms with Crippen LogP contribution in [0, 0.1) is 0 Å². The van der Waals surface area contributed by atoms with E-state index in [0.29, 0.717) is 12.1 Å². The smallest absolute Gasteiger partial charge is 0.0270 e. The predicted molar refractivity (Wildman–Crippen MR) is 73.0 cm³/mol. The molecule has 1 aliphatic rings. The number of rotatable bonds is 3. The van der Waals surface area contributed by atoms with E-state index in [-0.39, 0.29) is 0 Å². The Bertz CT molecular complexity index is 353. The van der Waals surface area contributed by atoms with Gasteiger partial charge in [0.05, 0.1) is 0 Å². The van der Waals surface area contributed by atoms with Crippen LogP contribution in [0.25, 0.3) is 6.08 Å². The zero-order valence-corrected chi connectivity index (χ0v) is 11.0. The van der Waals surface area contributed by atoms with E-state index in [0.717, 1.165) is 6.42 Å². The van der Waals surface area contributed by atoms with Gasteiger partial charge >= 0.3 is 0 Å². The monoisotopic (exact) mass is 235 g/mol. The van der Waals surface area contributed by atoms with Gasteiger partial charge in [-0.25, -0.2) is 0 Å². The molecule has 1 fully saturated rings. The lowest BCUT2D eigenvalue weighted by Crippen LogP contribution is -2.39. The molecule has 0 amide bonds. The first kappa shape index (κ1) is 11.9. The zero-order valence-electron chi connectivity index (χ0n) is 10.2. The summed E-state index contributed by atoms with van der Waals surface area (Å²) in [4.78, 5) is 2.86. The Morgan fingerprint density at radius 1 is 1.44 bits per heavy atom. The minimum atomic E-state index is 0.580. The van der Waals surface area contributed by atoms with Crippen LogP contribution in [0.1, 0.15) is 42.9 Å². The van der Waals surface area contributed by atoms with Crippen LogP contribution in [-0.2, 0) is 6.42 Å². The lowest BCUT2D eigenvalue weighted by Gasteiger charge is -2.26. The highest BCUT2D eigenvalue weighted by Gasteiger charge is 2.14. The quantitative estimate of drug-likeness (QED) is 0.839. The van der Waals surface area contributed by atoms with Crippen molar-refractivity contribution in [3.8, 4) is 0 Å². The summed E-state index contributed by atoms with van der Waals surface area (Å²) in [5.41, 5.74) is 0. The maximum absolute atomic E-state index is 3.63. The average molecular weight is 235 g/mol. The van der Waals surface area contributed by atoms with Gasteiger partial charge in [0.1, 0.15) is 0 Å². The molecule has 1 N–H and O–H groups in total. The molecular formula is C14H21NS. The summed E-state index contributed by atoms with van der Waals surface area (Å²) >= 11 is 1.91. The van der Waals surface area contributed by atoms with Gasteiger partial charge in [-0.3, -0.25) is 0 Å². The van der Waals surface area contributed by atoms with Crippen molar-refractivity contribution in [2.75, 3.05) is 0 Å². The van der Waals surface area contributed by atoms with Crippen LogP contribution >= 0.6 is 11.3 Å². The van der Waals surface area contributed by atoms with Crippen molar-refractivity contribution in [1.29, 1.82) is 0 Å². The Morgan fingerprint density at radius 3 is 3.00 bits per heavy atom. The Balaban J connectivity index is 1.92. The van der Waals surface area contributed by atoms with Crippen LogP contribution in [0.2, 0.25) is 0 Å². The topological polar surface area (TPSA) is 12.0 Å². The molecule has 1 nitrogen and oxygen atoms in total. The van der Waals surface area contributed by atoms with Gasteiger partial charge in [-0.15, -0.1) is 11.3 Å². The van der Waals surface area contributed by atoms with Crippen molar-refractivity contribution in [1.82, 2.24) is 5.32 Å². The van der Waals surface area contributed by atoms with Crippen LogP contribution in [0.4, 0.5) is 0 Å². The molecule has 2 heteroatoms. The molecular weight excluding hydrogens is 214 g/mol. The van der Waals surface area contributed by atoms with E-state index in [1.807, 2.05) is 11.3 Å². The van der Waals surface area contributed by atoms with Crippen molar-refractivity contribution in [2.24, 2.45) is 0 Å². The molecule has 0 radical (unpaired) electrons. The summed E-state index contributed by atoms with van der Waals surface area (Å²) < 4.78 is 0. The van der Waals surface area contributed by atoms with Crippen molar-refractivity contribution >= 4 is 17.4 Å². The molecule has 2 heterocycles. The van der Waals surface area contributed by atoms with E-state index >= 15 is 0 Å². The molecule has 1 aromatic rings. The number of nitrogens with one attached hydrogen (secondary N) is 1. The fourth-order valence-corrected chi connectivity index (χ4v) is 3.08. The molecule has 2 rings (SSSR count). The minimum Gasteiger partial charge on any atom is -0.308 e. The minimum absolute atomic E-state index is 0.580. The molecule has 1 aromatic heterocycles. The SMILES string of the molecule is CCc1ccc(/C=C/C2CCCC(C)N2)s1. The number of piperidine rings is 1. The molecule has 2 atom stereocenters. The van der Waals surface area contributed by atoms with Gasteiger partial charge in [-0.05, 0) is 44.4 Å². The lowest BCUT2D eigenvalue weighted by molar-refractivity contribution is 0.375. The van der Waals surface area contributed by atoms with Crippen LogP contribution < -0.4 is 5.32 Å². The summed E-state index contributed by atoms with van der Waals surface area (Å²) in [5, 5.41) is 3.63. The van der Waals surface area contributed by atoms with E-state index in [1.165, 1.54) is 29.0 Å². The molecule has 1 aliphatic heterocycles. The standard InChI is InChI=1S/C14H21NS/c1-3-13-9-10-14(16-13)8-7-12-6-4-5-11(2)15-12/h7-12,15H,3-6H2,1-2H3/b8-7+. The Labute approximate surface area is 103 Å². The van der Waals surface area contributed by atoms with E-state index in [4.69, 9.17) is 0 Å². The molecule has 0 bridgehead atoms. The molecule has 16 heavy (non-hydrogen) atoms. The number of thiophene rings is 1. The predicted octanol–water partition coefficient (Wildman–Crippen LogP) is 3.85. The van der Waals surface area contributed by atoms with Gasteiger partial charge in [0, 0.05) is 21.8 Å². The zero-order chi connectivity index (χ0) is 11.4. The first-order chi connectivity index (χ1) is 7.78. The Kier molecular flexibility index (Phi) is 4.19. The number of hydrogen-bond acceptors (Lipinski definition) is 2. The van der Waals surface area contributed by atoms with Gasteiger partial charge < -0.3 is 5.32 Å². The summed E-state index contributed by atoms with van der Waals surface area (Å²) in [6.07, 6.45) is 9.72. The van der Waals surface area contributed by atoms with E-state index in [2.05, 4.69) is 43.4 Å². The Hall–Kier alpha value is -0.600. The lowest BCUT2D eigenvalue weighted by atomic mass is 9.99. The third-order valence-corrected chi connectivity index (χ3v) is 4.37. The van der Waals surface area contributed by atoms with Crippen LogP contribution in [-0.4, -0.2) is 12.1 Å². The molecule has 0 aliphatic carbocycles. The van der Waals surface area contributed by atoms with Crippen molar-refractivity contribution < 1.29 is 0 Å². The van der Waals surface area contributed by atoms with Crippen LogP contribution in [0.3, 0.4) is 0 Å². The summed E-state index contributed by atoms with van der Waals surface area (Å²) in [6.45, 7) is 4.49. The first-order valence-corrected chi connectivity index (χ1v) is 7.12. The fourth-order valence-electron chi connectivity index (χ4n) is 2.21. The Morgan fingerprint density at radius 2 is 2.31 bits per heavy atom. The number of aryl methyl sites for hydroxylation is 1. The number of hydrogen-bond donors (Lipinski definition) is 1. The van der Waals surface area contributed by atoms with Crippen molar-refractivity contribution in [2.45, 2.75) is 51.6 Å². The van der Waals surface area contributed by atoms with Crippen molar-refractivity contribution in [3.05, 3.63) is 28.0 Å². The van der Waals surface area contributed by atoms with Gasteiger partial charge in [-0.1, -0.05) is 19.4 Å². The highest BCUT2D eigenvalue weighted by atomic mass is 32.1. The van der Waals surface area contributed by atoms with Crippen molar-refractivity contribution in [3.63, 3.8) is 0 Å². The largest absolute Gasteiger partial charge is 0.308 e. The molecule has 2 unspecified atom stereocenters. The van der Waals surface area contributed by atoms with E-state index < -0.39 is 0 Å². The molecule has 1 saturated heterocycles. The normalized spacial score (nSPS) is 26.4. The van der Waals surface area contributed by atoms with Gasteiger partial charge in [0.15, 0.2) is 0 Å². The highest BCUT2D eigenvalue weighted by molar-refractivity contribution is 7.12. The molecule has 0 saturated carbocycles. The third-order valence-electron chi connectivity index (χ3n) is 3.17. The van der Waals surface area contributed by atoms with Crippen LogP contribution in [0.5, 0.6) is 0 Å². The van der Waals surface area contributed by atoms with Gasteiger partial charge in [-0.2, -0.15) is 0 Å². The summed E-state index contributed by atoms with van der Waals surface area (Å²) in [5.74, 6) is 0. The second-order valence-electron chi connectivity index (χ2n) is 4.62. The van der Waals surface area contributed by atoms with Crippen LogP contribution in [0.15, 0.2) is 18.2 Å². The fraction of sp³-hybridized carbons (Fsp3) is 0.571. The van der Waals surface area contributed by atoms with Gasteiger partial charge in [0.25, 0.3) is 0 Å². The highest BCUT2D eigenvalue weighted by Crippen LogP contribution is 2.20. The maximum Gasteiger partial charge on any atom is 0.0270 e. The second kappa shape index (κ2) is 5.65. The summed E-state index contributed by atoms with van der Waals surface area (Å²) in [7, 11) is 0. The van der Waals surface area contributed by atoms with Gasteiger partial charge in [0.2, 0.25) is 0 Å². The first-order valence-electron chi connectivity index (χ1n) is 6.31. The molecule has 0 aromatic carbocycles.